The number of nitrogens with zero attached hydrogens (tertiary/aromatic N) is 2. The Morgan fingerprint density at radius 1 is 1.27 bits per heavy atom. The summed E-state index contributed by atoms with van der Waals surface area (Å²) in [6.07, 6.45) is 0. The molecule has 0 radical (unpaired) electrons. The Labute approximate surface area is 161 Å². The van der Waals surface area contributed by atoms with E-state index in [1.165, 1.54) is 13.2 Å². The van der Waals surface area contributed by atoms with Gasteiger partial charge in [0, 0.05) is 18.7 Å². The highest BCUT2D eigenvalue weighted by Crippen LogP contribution is 2.29. The predicted molar refractivity (Wildman–Crippen MR) is 98.0 cm³/mol. The maximum Gasteiger partial charge on any atom is 0.285 e. The summed E-state index contributed by atoms with van der Waals surface area (Å²) in [5, 5.41) is 0.812. The molecule has 0 atom stereocenters. The molecule has 4 nitrogen and oxygen atoms in total. The monoisotopic (exact) mass is 416 g/mol. The third-order valence-electron chi connectivity index (χ3n) is 3.59. The Bertz CT molecular complexity index is 1040. The van der Waals surface area contributed by atoms with Crippen LogP contribution in [0.25, 0.3) is 10.2 Å². The number of hydrogen-bond acceptors (Lipinski definition) is 3. The van der Waals surface area contributed by atoms with Crippen molar-refractivity contribution in [3.8, 4) is 0 Å². The molecule has 1 heterocycles. The second-order valence-corrected chi connectivity index (χ2v) is 7.13. The number of carbonyl (C=O) groups excluding carboxylic acids is 1. The molecule has 0 aliphatic carbocycles. The van der Waals surface area contributed by atoms with Crippen LogP contribution in [-0.4, -0.2) is 24.2 Å². The fraction of sp³-hybridized carbons (Fsp3) is 0.176. The van der Waals surface area contributed by atoms with E-state index in [0.29, 0.717) is 33.4 Å². The predicted octanol–water partition coefficient (Wildman–Crippen LogP) is 4.68. The molecule has 0 spiro atoms. The number of benzene rings is 2. The summed E-state index contributed by atoms with van der Waals surface area (Å²) in [4.78, 5) is 16.5. The second-order valence-electron chi connectivity index (χ2n) is 5.28. The third kappa shape index (κ3) is 3.66. The molecule has 0 bridgehead atoms. The summed E-state index contributed by atoms with van der Waals surface area (Å²) in [5.74, 6) is -2.95. The highest BCUT2D eigenvalue weighted by atomic mass is 35.5. The summed E-state index contributed by atoms with van der Waals surface area (Å²) < 4.78 is 35.1. The van der Waals surface area contributed by atoms with E-state index >= 15 is 0 Å². The highest BCUT2D eigenvalue weighted by Gasteiger charge is 2.18. The maximum atomic E-state index is 13.8. The Hall–Kier alpha value is -1.80. The van der Waals surface area contributed by atoms with Gasteiger partial charge in [0.05, 0.1) is 21.8 Å². The van der Waals surface area contributed by atoms with E-state index in [1.807, 2.05) is 0 Å². The van der Waals surface area contributed by atoms with Gasteiger partial charge in [-0.1, -0.05) is 40.6 Å². The van der Waals surface area contributed by atoms with Crippen LogP contribution in [0.2, 0.25) is 10.0 Å². The molecular weight excluding hydrogens is 405 g/mol. The number of methoxy groups -OCH3 is 1. The van der Waals surface area contributed by atoms with Gasteiger partial charge >= 0.3 is 0 Å². The lowest BCUT2D eigenvalue weighted by Gasteiger charge is -2.06. The van der Waals surface area contributed by atoms with Crippen LogP contribution in [0, 0.1) is 11.6 Å². The number of rotatable bonds is 4. The van der Waals surface area contributed by atoms with Gasteiger partial charge in [-0.2, -0.15) is 4.99 Å². The van der Waals surface area contributed by atoms with Gasteiger partial charge in [-0.05, 0) is 24.3 Å². The van der Waals surface area contributed by atoms with E-state index < -0.39 is 23.1 Å². The third-order valence-corrected chi connectivity index (χ3v) is 5.12. The summed E-state index contributed by atoms with van der Waals surface area (Å²) in [6, 6.07) is 6.45. The lowest BCUT2D eigenvalue weighted by molar-refractivity contribution is 0.0989. The quantitative estimate of drug-likeness (QED) is 0.619. The van der Waals surface area contributed by atoms with Crippen LogP contribution in [0.1, 0.15) is 10.4 Å². The molecule has 0 aliphatic heterocycles. The summed E-state index contributed by atoms with van der Waals surface area (Å²) in [6.45, 7) is 0.684. The average molecular weight is 417 g/mol. The van der Waals surface area contributed by atoms with Crippen molar-refractivity contribution in [2.45, 2.75) is 6.54 Å². The number of carbonyl (C=O) groups is 1. The Morgan fingerprint density at radius 3 is 2.62 bits per heavy atom. The Morgan fingerprint density at radius 2 is 1.96 bits per heavy atom. The lowest BCUT2D eigenvalue weighted by atomic mass is 10.2. The summed E-state index contributed by atoms with van der Waals surface area (Å²) in [5.41, 5.74) is -0.0777. The molecule has 3 rings (SSSR count). The van der Waals surface area contributed by atoms with Gasteiger partial charge in [-0.15, -0.1) is 0 Å². The van der Waals surface area contributed by atoms with Crippen molar-refractivity contribution in [2.24, 2.45) is 4.99 Å². The van der Waals surface area contributed by atoms with Crippen LogP contribution >= 0.6 is 34.5 Å². The smallest absolute Gasteiger partial charge is 0.285 e. The summed E-state index contributed by atoms with van der Waals surface area (Å²) in [7, 11) is 1.53. The zero-order valence-electron chi connectivity index (χ0n) is 13.4. The first-order chi connectivity index (χ1) is 12.4. The van der Waals surface area contributed by atoms with Crippen LogP contribution in [0.4, 0.5) is 8.78 Å². The molecule has 0 aliphatic rings. The van der Waals surface area contributed by atoms with Gasteiger partial charge in [0.1, 0.15) is 17.2 Å². The Kier molecular flexibility index (Phi) is 5.72. The molecule has 0 saturated carbocycles. The van der Waals surface area contributed by atoms with Crippen molar-refractivity contribution in [3.05, 3.63) is 62.4 Å². The molecule has 0 saturated heterocycles. The first-order valence-corrected chi connectivity index (χ1v) is 9.00. The number of aromatic nitrogens is 1. The first-order valence-electron chi connectivity index (χ1n) is 7.42. The molecule has 0 N–H and O–H groups in total. The minimum absolute atomic E-state index is 0.244. The first kappa shape index (κ1) is 19.0. The fourth-order valence-electron chi connectivity index (χ4n) is 2.45. The molecule has 9 heteroatoms. The van der Waals surface area contributed by atoms with E-state index in [4.69, 9.17) is 27.9 Å². The molecular formula is C17H12Cl2F2N2O2S. The van der Waals surface area contributed by atoms with E-state index in [0.717, 1.165) is 23.5 Å². The largest absolute Gasteiger partial charge is 0.383 e. The number of ether oxygens (including phenoxy) is 1. The van der Waals surface area contributed by atoms with Crippen LogP contribution in [-0.2, 0) is 11.3 Å². The molecule has 0 fully saturated rings. The second kappa shape index (κ2) is 7.84. The molecule has 3 aromatic rings. The lowest BCUT2D eigenvalue weighted by Crippen LogP contribution is -2.20. The Balaban J connectivity index is 2.21. The van der Waals surface area contributed by atoms with Crippen LogP contribution in [0.3, 0.4) is 0 Å². The molecule has 1 amide bonds. The van der Waals surface area contributed by atoms with E-state index in [1.54, 1.807) is 16.7 Å². The summed E-state index contributed by atoms with van der Waals surface area (Å²) >= 11 is 13.4. The van der Waals surface area contributed by atoms with E-state index in [-0.39, 0.29) is 4.80 Å². The zero-order chi connectivity index (χ0) is 18.8. The van der Waals surface area contributed by atoms with Gasteiger partial charge in [-0.3, -0.25) is 4.79 Å². The van der Waals surface area contributed by atoms with E-state index in [9.17, 15) is 13.6 Å². The van der Waals surface area contributed by atoms with Gasteiger partial charge in [0.2, 0.25) is 0 Å². The molecule has 1 aromatic heterocycles. The van der Waals surface area contributed by atoms with Gasteiger partial charge in [0.25, 0.3) is 5.91 Å². The van der Waals surface area contributed by atoms with Gasteiger partial charge in [0.15, 0.2) is 4.80 Å². The standard InChI is InChI=1S/C17H12Cl2F2N2O2S/c1-25-6-5-23-15-10(19)7-9(18)8-13(15)26-17(23)22-16(24)14-11(20)3-2-4-12(14)21/h2-4,7-8H,5-6H2,1H3. The van der Waals surface area contributed by atoms with Gasteiger partial charge in [-0.25, -0.2) is 8.78 Å². The topological polar surface area (TPSA) is 43.6 Å². The minimum Gasteiger partial charge on any atom is -0.383 e. The number of thiazole rings is 1. The van der Waals surface area contributed by atoms with Crippen molar-refractivity contribution in [2.75, 3.05) is 13.7 Å². The maximum absolute atomic E-state index is 13.8. The SMILES string of the molecule is COCCn1c(=NC(=O)c2c(F)cccc2F)sc2cc(Cl)cc(Cl)c21. The van der Waals surface area contributed by atoms with Crippen molar-refractivity contribution >= 4 is 50.7 Å². The zero-order valence-corrected chi connectivity index (χ0v) is 15.8. The van der Waals surface area contributed by atoms with Crippen molar-refractivity contribution in [1.29, 1.82) is 0 Å². The fourth-order valence-corrected chi connectivity index (χ4v) is 4.29. The number of halogens is 4. The normalized spacial score (nSPS) is 12.1. The number of hydrogen-bond donors (Lipinski definition) is 0. The molecule has 2 aromatic carbocycles. The van der Waals surface area contributed by atoms with E-state index in [2.05, 4.69) is 4.99 Å². The van der Waals surface area contributed by atoms with Crippen LogP contribution in [0.15, 0.2) is 35.3 Å². The molecule has 26 heavy (non-hydrogen) atoms. The minimum atomic E-state index is -1.01. The average Bonchev–Trinajstić information content (AvgIpc) is 2.89. The van der Waals surface area contributed by atoms with Crippen LogP contribution < -0.4 is 4.80 Å². The van der Waals surface area contributed by atoms with Gasteiger partial charge < -0.3 is 9.30 Å². The van der Waals surface area contributed by atoms with Crippen molar-refractivity contribution in [3.63, 3.8) is 0 Å². The number of fused-ring (bicyclic) bond motifs is 1. The highest BCUT2D eigenvalue weighted by molar-refractivity contribution is 7.16. The number of amides is 1. The van der Waals surface area contributed by atoms with Crippen LogP contribution in [0.5, 0.6) is 0 Å². The molecule has 136 valence electrons. The molecule has 0 unspecified atom stereocenters. The van der Waals surface area contributed by atoms with Crippen molar-refractivity contribution < 1.29 is 18.3 Å². The van der Waals surface area contributed by atoms with Crippen molar-refractivity contribution in [1.82, 2.24) is 4.57 Å².